The summed E-state index contributed by atoms with van der Waals surface area (Å²) in [6.45, 7) is 3.92. The van der Waals surface area contributed by atoms with Crippen molar-refractivity contribution in [2.75, 3.05) is 6.54 Å². The van der Waals surface area contributed by atoms with Crippen molar-refractivity contribution >= 4 is 60.8 Å². The third kappa shape index (κ3) is 6.29. The van der Waals surface area contributed by atoms with Gasteiger partial charge in [-0.1, -0.05) is 55.3 Å². The number of rotatable bonds is 10. The molecule has 0 bridgehead atoms. The van der Waals surface area contributed by atoms with Gasteiger partial charge in [-0.15, -0.1) is 11.3 Å². The van der Waals surface area contributed by atoms with Crippen LogP contribution in [0.4, 0.5) is 0 Å². The first-order chi connectivity index (χ1) is 18.2. The molecule has 1 unspecified atom stereocenters. The number of aliphatic carboxylic acids is 1. The molecular formula is C30H29BrClNO4S. The van der Waals surface area contributed by atoms with Gasteiger partial charge in [-0.25, -0.2) is 4.79 Å². The van der Waals surface area contributed by atoms with E-state index in [4.69, 9.17) is 16.7 Å². The van der Waals surface area contributed by atoms with Gasteiger partial charge in [0.15, 0.2) is 6.10 Å². The van der Waals surface area contributed by atoms with Gasteiger partial charge in [-0.05, 0) is 98.5 Å². The van der Waals surface area contributed by atoms with E-state index >= 15 is 0 Å². The Morgan fingerprint density at radius 3 is 2.34 bits per heavy atom. The first-order valence-corrected chi connectivity index (χ1v) is 14.5. The fourth-order valence-corrected chi connectivity index (χ4v) is 6.86. The molecule has 1 aromatic heterocycles. The lowest BCUT2D eigenvalue weighted by Crippen LogP contribution is -2.36. The number of carbonyl (C=O) groups is 2. The predicted octanol–water partition coefficient (Wildman–Crippen LogP) is 7.52. The van der Waals surface area contributed by atoms with Crippen molar-refractivity contribution < 1.29 is 19.8 Å². The van der Waals surface area contributed by atoms with Gasteiger partial charge in [0.25, 0.3) is 5.91 Å². The van der Waals surface area contributed by atoms with Gasteiger partial charge in [0.05, 0.1) is 6.54 Å². The summed E-state index contributed by atoms with van der Waals surface area (Å²) in [7, 11) is 0. The zero-order valence-electron chi connectivity index (χ0n) is 21.1. The van der Waals surface area contributed by atoms with E-state index in [9.17, 15) is 14.7 Å². The monoisotopic (exact) mass is 613 g/mol. The Morgan fingerprint density at radius 2 is 1.71 bits per heavy atom. The van der Waals surface area contributed by atoms with Gasteiger partial charge in [-0.3, -0.25) is 4.79 Å². The number of carboxylic acids is 1. The molecule has 4 aromatic rings. The molecule has 0 spiro atoms. The van der Waals surface area contributed by atoms with Crippen molar-refractivity contribution in [1.82, 2.24) is 5.32 Å². The van der Waals surface area contributed by atoms with Crippen LogP contribution in [-0.2, 0) is 4.79 Å². The predicted molar refractivity (Wildman–Crippen MR) is 158 cm³/mol. The number of carbonyl (C=O) groups excluding carboxylic acids is 1. The number of benzene rings is 3. The minimum atomic E-state index is -1.64. The van der Waals surface area contributed by atoms with Gasteiger partial charge in [0, 0.05) is 25.7 Å². The average Bonchev–Trinajstić information content (AvgIpc) is 3.31. The van der Waals surface area contributed by atoms with Crippen molar-refractivity contribution in [3.8, 4) is 0 Å². The minimum absolute atomic E-state index is 0.0695. The molecule has 38 heavy (non-hydrogen) atoms. The van der Waals surface area contributed by atoms with Crippen LogP contribution < -0.4 is 5.32 Å². The third-order valence-corrected chi connectivity index (χ3v) is 8.90. The maximum atomic E-state index is 12.5. The lowest BCUT2D eigenvalue weighted by atomic mass is 9.75. The first kappa shape index (κ1) is 28.3. The van der Waals surface area contributed by atoms with E-state index in [2.05, 4.69) is 64.7 Å². The minimum Gasteiger partial charge on any atom is -0.479 e. The van der Waals surface area contributed by atoms with Crippen LogP contribution in [0.5, 0.6) is 0 Å². The maximum Gasteiger partial charge on any atom is 0.334 e. The van der Waals surface area contributed by atoms with Crippen LogP contribution in [-0.4, -0.2) is 34.7 Å². The molecule has 1 amide bonds. The molecule has 198 valence electrons. The number of nitrogens with one attached hydrogen (secondary N) is 1. The van der Waals surface area contributed by atoms with Crippen molar-refractivity contribution in [3.63, 3.8) is 0 Å². The summed E-state index contributed by atoms with van der Waals surface area (Å²) in [6, 6.07) is 19.9. The molecule has 4 rings (SSSR count). The number of fused-ring (bicyclic) bond motifs is 1. The second-order valence-corrected chi connectivity index (χ2v) is 11.6. The van der Waals surface area contributed by atoms with Crippen LogP contribution in [0.1, 0.15) is 64.2 Å². The zero-order valence-corrected chi connectivity index (χ0v) is 24.2. The van der Waals surface area contributed by atoms with Crippen LogP contribution >= 0.6 is 38.9 Å². The SMILES string of the molecule is CCC[C@H](c1ccc(C(=O)NC[C@H](O)C(=O)O)cc1)C(c1ccc(Cl)cc1)c1csc2c(Br)cc(C)cc12. The summed E-state index contributed by atoms with van der Waals surface area (Å²) in [6.07, 6.45) is 0.277. The van der Waals surface area contributed by atoms with Crippen LogP contribution in [0, 0.1) is 6.92 Å². The largest absolute Gasteiger partial charge is 0.479 e. The number of hydrogen-bond acceptors (Lipinski definition) is 4. The summed E-state index contributed by atoms with van der Waals surface area (Å²) in [4.78, 5) is 23.4. The number of thiophene rings is 1. The van der Waals surface area contributed by atoms with Gasteiger partial charge in [0.2, 0.25) is 0 Å². The van der Waals surface area contributed by atoms with Gasteiger partial charge in [0.1, 0.15) is 0 Å². The summed E-state index contributed by atoms with van der Waals surface area (Å²) >= 11 is 11.7. The van der Waals surface area contributed by atoms with Crippen molar-refractivity contribution in [3.05, 3.63) is 103 Å². The number of amides is 1. The number of aryl methyl sites for hydroxylation is 1. The Kier molecular flexibility index (Phi) is 9.26. The van der Waals surface area contributed by atoms with E-state index < -0.39 is 18.0 Å². The Labute approximate surface area is 239 Å². The number of hydrogen-bond donors (Lipinski definition) is 3. The summed E-state index contributed by atoms with van der Waals surface area (Å²) < 4.78 is 2.31. The van der Waals surface area contributed by atoms with E-state index in [0.717, 1.165) is 22.9 Å². The normalized spacial score (nSPS) is 13.7. The van der Waals surface area contributed by atoms with Crippen LogP contribution in [0.3, 0.4) is 0 Å². The summed E-state index contributed by atoms with van der Waals surface area (Å²) in [5.41, 5.74) is 5.15. The van der Waals surface area contributed by atoms with Gasteiger partial charge in [-0.2, -0.15) is 0 Å². The number of carboxylic acid groups (broad SMARTS) is 1. The second-order valence-electron chi connectivity index (χ2n) is 9.42. The fourth-order valence-electron chi connectivity index (χ4n) is 4.89. The molecule has 0 aliphatic carbocycles. The molecule has 1 heterocycles. The molecule has 8 heteroatoms. The molecule has 3 aromatic carbocycles. The van der Waals surface area contributed by atoms with Crippen LogP contribution in [0.25, 0.3) is 10.1 Å². The fraction of sp³-hybridized carbons (Fsp3) is 0.267. The number of halogens is 2. The van der Waals surface area contributed by atoms with E-state index in [0.29, 0.717) is 10.6 Å². The molecular weight excluding hydrogens is 586 g/mol. The summed E-state index contributed by atoms with van der Waals surface area (Å²) in [5.74, 6) is -1.59. The Hall–Kier alpha value is -2.71. The van der Waals surface area contributed by atoms with E-state index in [-0.39, 0.29) is 18.4 Å². The van der Waals surface area contributed by atoms with Crippen molar-refractivity contribution in [2.24, 2.45) is 0 Å². The number of aliphatic hydroxyl groups is 1. The lowest BCUT2D eigenvalue weighted by molar-refractivity contribution is -0.146. The molecule has 0 radical (unpaired) electrons. The molecule has 0 fully saturated rings. The molecule has 0 saturated heterocycles. The van der Waals surface area contributed by atoms with Crippen molar-refractivity contribution in [2.45, 2.75) is 44.6 Å². The third-order valence-electron chi connectivity index (χ3n) is 6.71. The first-order valence-electron chi connectivity index (χ1n) is 12.4. The van der Waals surface area contributed by atoms with E-state index in [1.54, 1.807) is 23.5 Å². The molecule has 3 atom stereocenters. The van der Waals surface area contributed by atoms with E-state index in [1.807, 2.05) is 24.3 Å². The quantitative estimate of drug-likeness (QED) is 0.172. The topological polar surface area (TPSA) is 86.6 Å². The standard InChI is InChI=1S/C30H29BrClNO4S/c1-3-4-22(18-5-7-20(8-6-18)29(35)33-15-26(34)30(36)37)27(19-9-11-21(32)12-10-19)24-16-38-28-23(24)13-17(2)14-25(28)31/h5-14,16,22,26-27,34H,3-4,15H2,1-2H3,(H,33,35)(H,36,37)/t22-,26+,27?/m1/s1. The average molecular weight is 615 g/mol. The van der Waals surface area contributed by atoms with Crippen LogP contribution in [0.15, 0.2) is 70.5 Å². The molecule has 0 aliphatic heterocycles. The van der Waals surface area contributed by atoms with E-state index in [1.165, 1.54) is 26.8 Å². The molecule has 3 N–H and O–H groups in total. The zero-order chi connectivity index (χ0) is 27.4. The highest BCUT2D eigenvalue weighted by Gasteiger charge is 2.29. The second kappa shape index (κ2) is 12.4. The van der Waals surface area contributed by atoms with Gasteiger partial charge < -0.3 is 15.5 Å². The highest BCUT2D eigenvalue weighted by molar-refractivity contribution is 9.10. The molecule has 0 aliphatic rings. The highest BCUT2D eigenvalue weighted by atomic mass is 79.9. The Balaban J connectivity index is 1.74. The number of aliphatic hydroxyl groups excluding tert-OH is 1. The maximum absolute atomic E-state index is 12.5. The molecule has 5 nitrogen and oxygen atoms in total. The molecule has 0 saturated carbocycles. The Bertz CT molecular complexity index is 1440. The van der Waals surface area contributed by atoms with Gasteiger partial charge >= 0.3 is 5.97 Å². The lowest BCUT2D eigenvalue weighted by Gasteiger charge is -2.29. The van der Waals surface area contributed by atoms with Crippen molar-refractivity contribution in [1.29, 1.82) is 0 Å². The Morgan fingerprint density at radius 1 is 1.05 bits per heavy atom. The van der Waals surface area contributed by atoms with Crippen LogP contribution in [0.2, 0.25) is 5.02 Å². The highest BCUT2D eigenvalue weighted by Crippen LogP contribution is 2.47. The summed E-state index contributed by atoms with van der Waals surface area (Å²) in [5, 5.41) is 25.0. The smallest absolute Gasteiger partial charge is 0.334 e.